The second-order valence-corrected chi connectivity index (χ2v) is 4.26. The minimum atomic E-state index is -0.770. The highest BCUT2D eigenvalue weighted by Gasteiger charge is 2.26. The van der Waals surface area contributed by atoms with Gasteiger partial charge in [0.15, 0.2) is 0 Å². The van der Waals surface area contributed by atoms with E-state index < -0.39 is 5.54 Å². The van der Waals surface area contributed by atoms with Gasteiger partial charge in [0.2, 0.25) is 0 Å². The number of hydrogen-bond acceptors (Lipinski definition) is 2. The summed E-state index contributed by atoms with van der Waals surface area (Å²) in [6.45, 7) is 3.41. The summed E-state index contributed by atoms with van der Waals surface area (Å²) in [4.78, 5) is 11.4. The molecule has 0 saturated heterocycles. The SMILES string of the molecule is CC(C)(NC(=O)NC1CCC1)C(=N)N. The van der Waals surface area contributed by atoms with Crippen molar-refractivity contribution < 1.29 is 4.79 Å². The lowest BCUT2D eigenvalue weighted by Crippen LogP contribution is -2.57. The molecule has 0 atom stereocenters. The number of amidine groups is 1. The van der Waals surface area contributed by atoms with Crippen LogP contribution in [-0.4, -0.2) is 23.4 Å². The average molecular weight is 198 g/mol. The number of carbonyl (C=O) groups is 1. The summed E-state index contributed by atoms with van der Waals surface area (Å²) in [6, 6.07) is 0.0626. The van der Waals surface area contributed by atoms with Gasteiger partial charge in [-0.3, -0.25) is 5.41 Å². The van der Waals surface area contributed by atoms with E-state index >= 15 is 0 Å². The van der Waals surface area contributed by atoms with Crippen LogP contribution in [0, 0.1) is 5.41 Å². The van der Waals surface area contributed by atoms with Gasteiger partial charge in [-0.1, -0.05) is 0 Å². The van der Waals surface area contributed by atoms with E-state index in [-0.39, 0.29) is 11.9 Å². The molecule has 0 aromatic rings. The first-order chi connectivity index (χ1) is 6.42. The molecule has 0 unspecified atom stereocenters. The zero-order chi connectivity index (χ0) is 10.8. The van der Waals surface area contributed by atoms with Crippen molar-refractivity contribution >= 4 is 11.9 Å². The van der Waals surface area contributed by atoms with Crippen LogP contribution < -0.4 is 16.4 Å². The molecule has 0 aliphatic heterocycles. The molecule has 5 nitrogen and oxygen atoms in total. The molecule has 0 spiro atoms. The highest BCUT2D eigenvalue weighted by atomic mass is 16.2. The van der Waals surface area contributed by atoms with Crippen molar-refractivity contribution in [2.45, 2.75) is 44.7 Å². The minimum absolute atomic E-state index is 0.0405. The summed E-state index contributed by atoms with van der Waals surface area (Å²) in [6.07, 6.45) is 3.28. The second-order valence-electron chi connectivity index (χ2n) is 4.26. The van der Waals surface area contributed by atoms with Gasteiger partial charge < -0.3 is 16.4 Å². The Morgan fingerprint density at radius 1 is 1.50 bits per heavy atom. The molecule has 80 valence electrons. The summed E-state index contributed by atoms with van der Waals surface area (Å²) in [5, 5.41) is 12.7. The van der Waals surface area contributed by atoms with Gasteiger partial charge in [0, 0.05) is 6.04 Å². The maximum Gasteiger partial charge on any atom is 0.315 e. The zero-order valence-electron chi connectivity index (χ0n) is 8.68. The van der Waals surface area contributed by atoms with E-state index in [1.54, 1.807) is 13.8 Å². The molecule has 0 aromatic carbocycles. The third-order valence-corrected chi connectivity index (χ3v) is 2.54. The number of rotatable bonds is 3. The smallest absolute Gasteiger partial charge is 0.315 e. The van der Waals surface area contributed by atoms with Crippen LogP contribution in [0.5, 0.6) is 0 Å². The number of nitrogens with two attached hydrogens (primary N) is 1. The third-order valence-electron chi connectivity index (χ3n) is 2.54. The number of amides is 2. The predicted octanol–water partition coefficient (Wildman–Crippen LogP) is 0.553. The van der Waals surface area contributed by atoms with Gasteiger partial charge in [-0.05, 0) is 33.1 Å². The molecule has 0 aromatic heterocycles. The van der Waals surface area contributed by atoms with Crippen LogP contribution in [0.1, 0.15) is 33.1 Å². The summed E-state index contributed by atoms with van der Waals surface area (Å²) < 4.78 is 0. The lowest BCUT2D eigenvalue weighted by Gasteiger charge is -2.30. The predicted molar refractivity (Wildman–Crippen MR) is 55.3 cm³/mol. The van der Waals surface area contributed by atoms with E-state index in [0.29, 0.717) is 6.04 Å². The molecule has 1 aliphatic carbocycles. The van der Waals surface area contributed by atoms with E-state index in [1.807, 2.05) is 0 Å². The molecule has 1 fully saturated rings. The molecular weight excluding hydrogens is 180 g/mol. The average Bonchev–Trinajstić information content (AvgIpc) is 1.96. The molecule has 14 heavy (non-hydrogen) atoms. The van der Waals surface area contributed by atoms with Crippen molar-refractivity contribution in [2.75, 3.05) is 0 Å². The first kappa shape index (κ1) is 10.8. The standard InChI is InChI=1S/C9H18N4O/c1-9(2,7(10)11)13-8(14)12-6-4-3-5-6/h6H,3-5H2,1-2H3,(H3,10,11)(H2,12,13,14). The monoisotopic (exact) mass is 198 g/mol. The Bertz CT molecular complexity index is 245. The highest BCUT2D eigenvalue weighted by molar-refractivity contribution is 5.90. The van der Waals surface area contributed by atoms with Crippen molar-refractivity contribution in [3.63, 3.8) is 0 Å². The lowest BCUT2D eigenvalue weighted by molar-refractivity contribution is 0.223. The van der Waals surface area contributed by atoms with Crippen molar-refractivity contribution in [3.05, 3.63) is 0 Å². The molecule has 5 N–H and O–H groups in total. The number of nitrogens with one attached hydrogen (secondary N) is 3. The van der Waals surface area contributed by atoms with E-state index in [0.717, 1.165) is 12.8 Å². The van der Waals surface area contributed by atoms with Crippen LogP contribution in [-0.2, 0) is 0 Å². The van der Waals surface area contributed by atoms with Gasteiger partial charge in [-0.2, -0.15) is 0 Å². The topological polar surface area (TPSA) is 91.0 Å². The van der Waals surface area contributed by atoms with Crippen molar-refractivity contribution in [1.82, 2.24) is 10.6 Å². The van der Waals surface area contributed by atoms with Gasteiger partial charge in [0.05, 0.1) is 5.54 Å². The molecule has 5 heteroatoms. The van der Waals surface area contributed by atoms with E-state index in [4.69, 9.17) is 11.1 Å². The maximum absolute atomic E-state index is 11.4. The van der Waals surface area contributed by atoms with Gasteiger partial charge in [-0.25, -0.2) is 4.79 Å². The molecule has 2 amide bonds. The van der Waals surface area contributed by atoms with Crippen LogP contribution >= 0.6 is 0 Å². The first-order valence-electron chi connectivity index (χ1n) is 4.85. The first-order valence-corrected chi connectivity index (χ1v) is 4.85. The van der Waals surface area contributed by atoms with E-state index in [1.165, 1.54) is 6.42 Å². The van der Waals surface area contributed by atoms with Crippen LogP contribution in [0.4, 0.5) is 4.79 Å². The quantitative estimate of drug-likeness (QED) is 0.394. The maximum atomic E-state index is 11.4. The Kier molecular flexibility index (Phi) is 2.98. The fourth-order valence-electron chi connectivity index (χ4n) is 1.13. The Hall–Kier alpha value is -1.26. The van der Waals surface area contributed by atoms with Gasteiger partial charge in [-0.15, -0.1) is 0 Å². The molecule has 1 rings (SSSR count). The van der Waals surface area contributed by atoms with E-state index in [9.17, 15) is 4.79 Å². The second kappa shape index (κ2) is 3.86. The van der Waals surface area contributed by atoms with Crippen LogP contribution in [0.15, 0.2) is 0 Å². The van der Waals surface area contributed by atoms with Crippen LogP contribution in [0.3, 0.4) is 0 Å². The summed E-state index contributed by atoms with van der Waals surface area (Å²) in [5.41, 5.74) is 4.57. The van der Waals surface area contributed by atoms with Gasteiger partial charge in [0.1, 0.15) is 5.84 Å². The number of urea groups is 1. The normalized spacial score (nSPS) is 17.0. The van der Waals surface area contributed by atoms with Gasteiger partial charge in [0.25, 0.3) is 0 Å². The number of hydrogen-bond donors (Lipinski definition) is 4. The largest absolute Gasteiger partial charge is 0.386 e. The van der Waals surface area contributed by atoms with Crippen molar-refractivity contribution in [1.29, 1.82) is 5.41 Å². The zero-order valence-corrected chi connectivity index (χ0v) is 8.68. The Morgan fingerprint density at radius 2 is 2.07 bits per heavy atom. The lowest BCUT2D eigenvalue weighted by atomic mass is 9.93. The van der Waals surface area contributed by atoms with Crippen LogP contribution in [0.2, 0.25) is 0 Å². The van der Waals surface area contributed by atoms with Crippen molar-refractivity contribution in [3.8, 4) is 0 Å². The Morgan fingerprint density at radius 3 is 2.43 bits per heavy atom. The molecule has 1 saturated carbocycles. The Labute approximate surface area is 83.9 Å². The fraction of sp³-hybridized carbons (Fsp3) is 0.778. The molecule has 0 radical (unpaired) electrons. The number of carbonyl (C=O) groups excluding carboxylic acids is 1. The molecule has 1 aliphatic rings. The van der Waals surface area contributed by atoms with E-state index in [2.05, 4.69) is 10.6 Å². The fourth-order valence-corrected chi connectivity index (χ4v) is 1.13. The highest BCUT2D eigenvalue weighted by Crippen LogP contribution is 2.17. The summed E-state index contributed by atoms with van der Waals surface area (Å²) in [5.74, 6) is -0.0405. The third kappa shape index (κ3) is 2.61. The Balaban J connectivity index is 2.35. The molecule has 0 bridgehead atoms. The van der Waals surface area contributed by atoms with Crippen LogP contribution in [0.25, 0.3) is 0 Å². The van der Waals surface area contributed by atoms with Crippen molar-refractivity contribution in [2.24, 2.45) is 5.73 Å². The molecule has 0 heterocycles. The summed E-state index contributed by atoms with van der Waals surface area (Å²) >= 11 is 0. The molecular formula is C9H18N4O. The summed E-state index contributed by atoms with van der Waals surface area (Å²) in [7, 11) is 0. The van der Waals surface area contributed by atoms with Gasteiger partial charge >= 0.3 is 6.03 Å². The minimum Gasteiger partial charge on any atom is -0.386 e.